The van der Waals surface area contributed by atoms with Gasteiger partial charge < -0.3 is 19.6 Å². The summed E-state index contributed by atoms with van der Waals surface area (Å²) in [5.41, 5.74) is 6.86. The number of aromatic nitrogens is 4. The van der Waals surface area contributed by atoms with E-state index in [1.165, 1.54) is 11.3 Å². The van der Waals surface area contributed by atoms with E-state index in [1.54, 1.807) is 6.92 Å². The first kappa shape index (κ1) is 22.3. The van der Waals surface area contributed by atoms with Crippen molar-refractivity contribution in [1.82, 2.24) is 24.5 Å². The number of anilines is 2. The van der Waals surface area contributed by atoms with Gasteiger partial charge in [-0.1, -0.05) is 6.07 Å². The van der Waals surface area contributed by atoms with E-state index in [0.29, 0.717) is 26.2 Å². The molecule has 184 valence electrons. The van der Waals surface area contributed by atoms with Crippen LogP contribution in [-0.2, 0) is 36.0 Å². The fraction of sp³-hybridized carbons (Fsp3) is 0.500. The molecule has 1 saturated heterocycles. The van der Waals surface area contributed by atoms with E-state index >= 15 is 0 Å². The second-order valence-corrected chi connectivity index (χ2v) is 10.0. The summed E-state index contributed by atoms with van der Waals surface area (Å²) in [6, 6.07) is 6.75. The first-order valence-electron chi connectivity index (χ1n) is 12.5. The van der Waals surface area contributed by atoms with E-state index in [1.807, 2.05) is 29.0 Å². The number of nitrogens with zero attached hydrogens (tertiary/aromatic N) is 6. The molecule has 0 radical (unpaired) electrons. The van der Waals surface area contributed by atoms with E-state index in [2.05, 4.69) is 32.9 Å². The van der Waals surface area contributed by atoms with Crippen LogP contribution in [0.5, 0.6) is 0 Å². The Morgan fingerprint density at radius 2 is 2.17 bits per heavy atom. The lowest BCUT2D eigenvalue weighted by Gasteiger charge is -2.36. The summed E-state index contributed by atoms with van der Waals surface area (Å²) in [7, 11) is 1.92. The monoisotopic (exact) mass is 476 g/mol. The average molecular weight is 477 g/mol. The maximum absolute atomic E-state index is 12.3. The SMILES string of the molecule is CC(=O)N1CCc2c(c(N3C[C@H](CO)Cc4cc(-c5cnn(C)c5)ccc43)nn2[C@H]2CCOC2)C1. The number of hydrogen-bond donors (Lipinski definition) is 1. The molecular weight excluding hydrogens is 444 g/mol. The first-order valence-corrected chi connectivity index (χ1v) is 12.5. The lowest BCUT2D eigenvalue weighted by atomic mass is 9.90. The van der Waals surface area contributed by atoms with Crippen LogP contribution in [0.3, 0.4) is 0 Å². The van der Waals surface area contributed by atoms with Crippen LogP contribution in [0.25, 0.3) is 11.1 Å². The quantitative estimate of drug-likeness (QED) is 0.622. The fourth-order valence-corrected chi connectivity index (χ4v) is 5.75. The number of aryl methyl sites for hydroxylation is 1. The second-order valence-electron chi connectivity index (χ2n) is 10.0. The highest BCUT2D eigenvalue weighted by molar-refractivity contribution is 5.76. The van der Waals surface area contributed by atoms with E-state index in [0.717, 1.165) is 54.1 Å². The Morgan fingerprint density at radius 1 is 1.29 bits per heavy atom. The maximum atomic E-state index is 12.3. The van der Waals surface area contributed by atoms with Gasteiger partial charge in [0, 0.05) is 81.3 Å². The van der Waals surface area contributed by atoms with Gasteiger partial charge in [0.25, 0.3) is 0 Å². The van der Waals surface area contributed by atoms with Gasteiger partial charge in [0.2, 0.25) is 5.91 Å². The van der Waals surface area contributed by atoms with Gasteiger partial charge in [-0.25, -0.2) is 0 Å². The molecule has 35 heavy (non-hydrogen) atoms. The summed E-state index contributed by atoms with van der Waals surface area (Å²) in [5.74, 6) is 1.10. The maximum Gasteiger partial charge on any atom is 0.219 e. The number of benzene rings is 1. The number of carbonyl (C=O) groups excluding carboxylic acids is 1. The number of hydrogen-bond acceptors (Lipinski definition) is 6. The number of aliphatic hydroxyl groups excluding tert-OH is 1. The molecule has 3 aliphatic rings. The molecule has 0 aliphatic carbocycles. The molecule has 1 N–H and O–H groups in total. The van der Waals surface area contributed by atoms with Crippen molar-refractivity contribution in [2.45, 2.75) is 38.8 Å². The smallest absolute Gasteiger partial charge is 0.219 e. The molecule has 3 aliphatic heterocycles. The van der Waals surface area contributed by atoms with Gasteiger partial charge in [0.1, 0.15) is 0 Å². The van der Waals surface area contributed by atoms with Gasteiger partial charge in [-0.3, -0.25) is 14.2 Å². The van der Waals surface area contributed by atoms with Crippen molar-refractivity contribution in [2.75, 3.05) is 37.8 Å². The summed E-state index contributed by atoms with van der Waals surface area (Å²) in [4.78, 5) is 16.4. The van der Waals surface area contributed by atoms with E-state index in [4.69, 9.17) is 9.84 Å². The van der Waals surface area contributed by atoms with Crippen molar-refractivity contribution in [3.05, 3.63) is 47.4 Å². The molecule has 2 aromatic heterocycles. The van der Waals surface area contributed by atoms with Crippen LogP contribution in [0, 0.1) is 5.92 Å². The first-order chi connectivity index (χ1) is 17.0. The largest absolute Gasteiger partial charge is 0.396 e. The minimum absolute atomic E-state index is 0.0898. The van der Waals surface area contributed by atoms with Crippen molar-refractivity contribution in [3.8, 4) is 11.1 Å². The van der Waals surface area contributed by atoms with Gasteiger partial charge in [0.15, 0.2) is 5.82 Å². The highest BCUT2D eigenvalue weighted by Crippen LogP contribution is 2.41. The molecule has 1 amide bonds. The minimum Gasteiger partial charge on any atom is -0.396 e. The Labute approximate surface area is 204 Å². The molecule has 0 saturated carbocycles. The zero-order valence-electron chi connectivity index (χ0n) is 20.4. The topological polar surface area (TPSA) is 88.7 Å². The van der Waals surface area contributed by atoms with Crippen LogP contribution in [0.4, 0.5) is 11.5 Å². The van der Waals surface area contributed by atoms with Crippen molar-refractivity contribution in [2.24, 2.45) is 13.0 Å². The van der Waals surface area contributed by atoms with Gasteiger partial charge in [0.05, 0.1) is 25.4 Å². The summed E-state index contributed by atoms with van der Waals surface area (Å²) >= 11 is 0. The highest BCUT2D eigenvalue weighted by atomic mass is 16.5. The molecule has 1 fully saturated rings. The van der Waals surface area contributed by atoms with Crippen molar-refractivity contribution in [3.63, 3.8) is 0 Å². The molecule has 5 heterocycles. The van der Waals surface area contributed by atoms with E-state index in [-0.39, 0.29) is 24.5 Å². The Kier molecular flexibility index (Phi) is 5.61. The standard InChI is InChI=1S/C26H32N6O3/c1-17(34)30-7-5-25-23(14-30)26(28-32(25)22-6-8-35-16-22)31-12-18(15-33)9-20-10-19(3-4-24(20)31)21-11-27-29(2)13-21/h3-4,10-11,13,18,22,33H,5-9,12,14-16H2,1-2H3/t18-,22+/m1/s1. The molecule has 0 spiro atoms. The van der Waals surface area contributed by atoms with E-state index < -0.39 is 0 Å². The number of aliphatic hydroxyl groups is 1. The van der Waals surface area contributed by atoms with Crippen molar-refractivity contribution in [1.29, 1.82) is 0 Å². The number of rotatable bonds is 4. The summed E-state index contributed by atoms with van der Waals surface area (Å²) in [6.45, 7) is 5.16. The van der Waals surface area contributed by atoms with Crippen molar-refractivity contribution >= 4 is 17.4 Å². The van der Waals surface area contributed by atoms with Gasteiger partial charge in [-0.05, 0) is 36.1 Å². The zero-order valence-corrected chi connectivity index (χ0v) is 20.4. The molecule has 3 aromatic rings. The predicted octanol–water partition coefficient (Wildman–Crippen LogP) is 2.45. The van der Waals surface area contributed by atoms with Crippen LogP contribution in [-0.4, -0.2) is 68.4 Å². The molecule has 9 nitrogen and oxygen atoms in total. The molecule has 6 rings (SSSR count). The van der Waals surface area contributed by atoms with Crippen LogP contribution in [0.2, 0.25) is 0 Å². The Bertz CT molecular complexity index is 1260. The molecular formula is C26H32N6O3. The molecule has 1 aromatic carbocycles. The van der Waals surface area contributed by atoms with Crippen LogP contribution in [0.15, 0.2) is 30.6 Å². The van der Waals surface area contributed by atoms with Crippen LogP contribution in [0.1, 0.15) is 36.2 Å². The zero-order chi connectivity index (χ0) is 24.1. The number of carbonyl (C=O) groups is 1. The molecule has 9 heteroatoms. The lowest BCUT2D eigenvalue weighted by molar-refractivity contribution is -0.129. The third kappa shape index (κ3) is 3.92. The summed E-state index contributed by atoms with van der Waals surface area (Å²) in [6.07, 6.45) is 6.46. The number of ether oxygens (including phenoxy) is 1. The van der Waals surface area contributed by atoms with Crippen LogP contribution < -0.4 is 4.90 Å². The van der Waals surface area contributed by atoms with E-state index in [9.17, 15) is 9.90 Å². The Morgan fingerprint density at radius 3 is 2.89 bits per heavy atom. The summed E-state index contributed by atoms with van der Waals surface area (Å²) in [5, 5.41) is 19.7. The lowest BCUT2D eigenvalue weighted by Crippen LogP contribution is -2.37. The second kappa shape index (κ2) is 8.80. The van der Waals surface area contributed by atoms with Crippen LogP contribution >= 0.6 is 0 Å². The summed E-state index contributed by atoms with van der Waals surface area (Å²) < 4.78 is 9.66. The third-order valence-corrected chi connectivity index (χ3v) is 7.63. The molecule has 2 atom stereocenters. The highest BCUT2D eigenvalue weighted by Gasteiger charge is 2.35. The fourth-order valence-electron chi connectivity index (χ4n) is 5.75. The minimum atomic E-state index is 0.0898. The number of fused-ring (bicyclic) bond motifs is 2. The Balaban J connectivity index is 1.45. The van der Waals surface area contributed by atoms with Gasteiger partial charge in [-0.2, -0.15) is 10.2 Å². The molecule has 0 bridgehead atoms. The predicted molar refractivity (Wildman–Crippen MR) is 131 cm³/mol. The van der Waals surface area contributed by atoms with Gasteiger partial charge >= 0.3 is 0 Å². The third-order valence-electron chi connectivity index (χ3n) is 7.63. The average Bonchev–Trinajstić information content (AvgIpc) is 3.62. The normalized spacial score (nSPS) is 21.8. The molecule has 0 unspecified atom stereocenters. The Hall–Kier alpha value is -3.17. The number of amides is 1. The van der Waals surface area contributed by atoms with Crippen molar-refractivity contribution < 1.29 is 14.6 Å². The van der Waals surface area contributed by atoms with Gasteiger partial charge in [-0.15, -0.1) is 0 Å².